The van der Waals surface area contributed by atoms with Crippen LogP contribution in [0.1, 0.15) is 42.6 Å². The molecule has 0 saturated carbocycles. The van der Waals surface area contributed by atoms with Gasteiger partial charge in [0.15, 0.2) is 5.84 Å². The smallest absolute Gasteiger partial charge is 0.339 e. The van der Waals surface area contributed by atoms with Crippen molar-refractivity contribution >= 4 is 17.7 Å². The molecule has 7 heteroatoms. The number of carbonyl (C=O) groups excluding carboxylic acids is 1. The molecule has 20 heavy (non-hydrogen) atoms. The van der Waals surface area contributed by atoms with Crippen molar-refractivity contribution in [3.05, 3.63) is 23.3 Å². The van der Waals surface area contributed by atoms with Crippen LogP contribution in [-0.4, -0.2) is 38.3 Å². The van der Waals surface area contributed by atoms with Crippen LogP contribution in [0.4, 0.5) is 0 Å². The van der Waals surface area contributed by atoms with Gasteiger partial charge < -0.3 is 10.4 Å². The monoisotopic (exact) mass is 276 g/mol. The Kier molecular flexibility index (Phi) is 3.29. The number of aryl methyl sites for hydroxylation is 1. The molecule has 1 amide bonds. The molecule has 0 fully saturated rings. The molecule has 0 saturated heterocycles. The number of hydrogen-bond donors (Lipinski definition) is 2. The zero-order valence-electron chi connectivity index (χ0n) is 11.8. The lowest BCUT2D eigenvalue weighted by Crippen LogP contribution is -2.41. The number of carboxylic acid groups (broad SMARTS) is 1. The predicted octanol–water partition coefficient (Wildman–Crippen LogP) is 0.774. The van der Waals surface area contributed by atoms with Crippen molar-refractivity contribution in [1.82, 2.24) is 15.3 Å². The van der Waals surface area contributed by atoms with E-state index in [0.717, 1.165) is 0 Å². The number of hydrogen-bond acceptors (Lipinski definition) is 5. The predicted molar refractivity (Wildman–Crippen MR) is 71.7 cm³/mol. The van der Waals surface area contributed by atoms with E-state index in [4.69, 9.17) is 0 Å². The van der Waals surface area contributed by atoms with Crippen molar-refractivity contribution in [3.63, 3.8) is 0 Å². The van der Waals surface area contributed by atoms with Crippen LogP contribution in [0.25, 0.3) is 0 Å². The van der Waals surface area contributed by atoms with E-state index >= 15 is 0 Å². The van der Waals surface area contributed by atoms with E-state index in [1.165, 1.54) is 6.20 Å². The van der Waals surface area contributed by atoms with Crippen molar-refractivity contribution in [1.29, 1.82) is 0 Å². The van der Waals surface area contributed by atoms with Gasteiger partial charge in [0.25, 0.3) is 5.91 Å². The van der Waals surface area contributed by atoms with E-state index in [-0.39, 0.29) is 28.9 Å². The van der Waals surface area contributed by atoms with Gasteiger partial charge in [-0.2, -0.15) is 0 Å². The second kappa shape index (κ2) is 4.66. The molecule has 0 spiro atoms. The van der Waals surface area contributed by atoms with Crippen LogP contribution in [0.15, 0.2) is 11.2 Å². The van der Waals surface area contributed by atoms with Crippen LogP contribution in [0.5, 0.6) is 0 Å². The highest BCUT2D eigenvalue weighted by molar-refractivity contribution is 6.17. The second-order valence-corrected chi connectivity index (χ2v) is 5.20. The van der Waals surface area contributed by atoms with Crippen LogP contribution in [-0.2, 0) is 4.79 Å². The molecule has 106 valence electrons. The molecular formula is C13H16N4O3. The van der Waals surface area contributed by atoms with Gasteiger partial charge >= 0.3 is 5.97 Å². The summed E-state index contributed by atoms with van der Waals surface area (Å²) in [5, 5.41) is 11.8. The number of rotatable bonds is 3. The summed E-state index contributed by atoms with van der Waals surface area (Å²) in [6, 6.07) is 0. The van der Waals surface area contributed by atoms with Crippen LogP contribution in [0.3, 0.4) is 0 Å². The van der Waals surface area contributed by atoms with Gasteiger partial charge in [-0.15, -0.1) is 0 Å². The quantitative estimate of drug-likeness (QED) is 0.848. The first-order chi connectivity index (χ1) is 9.25. The number of carbonyl (C=O) groups is 2. The Morgan fingerprint density at radius 1 is 1.45 bits per heavy atom. The molecule has 1 aliphatic rings. The lowest BCUT2D eigenvalue weighted by atomic mass is 9.89. The maximum Gasteiger partial charge on any atom is 0.339 e. The van der Waals surface area contributed by atoms with E-state index < -0.39 is 11.5 Å². The molecule has 1 aliphatic heterocycles. The fourth-order valence-corrected chi connectivity index (χ4v) is 1.86. The van der Waals surface area contributed by atoms with Gasteiger partial charge in [0.05, 0.1) is 0 Å². The van der Waals surface area contributed by atoms with Crippen LogP contribution in [0, 0.1) is 12.8 Å². The molecular weight excluding hydrogens is 260 g/mol. The summed E-state index contributed by atoms with van der Waals surface area (Å²) >= 11 is 0. The van der Waals surface area contributed by atoms with E-state index in [1.807, 2.05) is 13.8 Å². The average molecular weight is 276 g/mol. The van der Waals surface area contributed by atoms with Gasteiger partial charge in [-0.3, -0.25) is 4.79 Å². The minimum atomic E-state index is -1.16. The van der Waals surface area contributed by atoms with Crippen molar-refractivity contribution in [2.75, 3.05) is 0 Å². The molecule has 1 aromatic heterocycles. The maximum absolute atomic E-state index is 12.1. The highest BCUT2D eigenvalue weighted by atomic mass is 16.4. The topological polar surface area (TPSA) is 105 Å². The van der Waals surface area contributed by atoms with E-state index in [2.05, 4.69) is 20.3 Å². The fraction of sp³-hybridized carbons (Fsp3) is 0.462. The molecule has 2 heterocycles. The van der Waals surface area contributed by atoms with Gasteiger partial charge in [0.2, 0.25) is 0 Å². The number of amides is 1. The van der Waals surface area contributed by atoms with Crippen molar-refractivity contribution in [2.24, 2.45) is 10.9 Å². The van der Waals surface area contributed by atoms with Gasteiger partial charge in [0.1, 0.15) is 22.6 Å². The largest absolute Gasteiger partial charge is 0.478 e. The molecule has 0 radical (unpaired) electrons. The first-order valence-electron chi connectivity index (χ1n) is 6.24. The SMILES string of the molecule is Cc1ncc(C(=O)O)c(C2=NC(C)(C(C)C)C(=O)N2)n1. The number of nitrogens with one attached hydrogen (secondary N) is 1. The Morgan fingerprint density at radius 2 is 2.10 bits per heavy atom. The fourth-order valence-electron chi connectivity index (χ4n) is 1.86. The highest BCUT2D eigenvalue weighted by Gasteiger charge is 2.43. The third-order valence-corrected chi connectivity index (χ3v) is 3.52. The second-order valence-electron chi connectivity index (χ2n) is 5.20. The molecule has 2 N–H and O–H groups in total. The Labute approximate surface area is 116 Å². The number of aliphatic imine (C=N–C) groups is 1. The first-order valence-corrected chi connectivity index (χ1v) is 6.24. The summed E-state index contributed by atoms with van der Waals surface area (Å²) in [6.45, 7) is 7.13. The summed E-state index contributed by atoms with van der Waals surface area (Å²) in [5.74, 6) is -0.824. The first kappa shape index (κ1) is 14.1. The third kappa shape index (κ3) is 2.15. The normalized spacial score (nSPS) is 21.9. The lowest BCUT2D eigenvalue weighted by Gasteiger charge is -2.21. The Bertz CT molecular complexity index is 624. The molecule has 1 aromatic rings. The van der Waals surface area contributed by atoms with Gasteiger partial charge in [-0.1, -0.05) is 13.8 Å². The van der Waals surface area contributed by atoms with Crippen LogP contribution < -0.4 is 5.32 Å². The number of aromatic nitrogens is 2. The van der Waals surface area contributed by atoms with Crippen LogP contribution in [0.2, 0.25) is 0 Å². The highest BCUT2D eigenvalue weighted by Crippen LogP contribution is 2.27. The lowest BCUT2D eigenvalue weighted by molar-refractivity contribution is -0.124. The summed E-state index contributed by atoms with van der Waals surface area (Å²) in [6.07, 6.45) is 1.22. The molecule has 2 rings (SSSR count). The number of aromatic carboxylic acids is 1. The standard InChI is InChI=1S/C13H16N4O3/c1-6(2)13(4)12(20)16-10(17-13)9-8(11(18)19)5-14-7(3)15-9/h5-6H,1-4H3,(H,18,19)(H,16,17,20). The van der Waals surface area contributed by atoms with Gasteiger partial charge in [-0.25, -0.2) is 19.8 Å². The molecule has 7 nitrogen and oxygen atoms in total. The molecule has 0 aliphatic carbocycles. The van der Waals surface area contributed by atoms with Gasteiger partial charge in [0, 0.05) is 6.20 Å². The molecule has 1 atom stereocenters. The Morgan fingerprint density at radius 3 is 2.60 bits per heavy atom. The minimum absolute atomic E-state index is 0.0174. The van der Waals surface area contributed by atoms with Crippen molar-refractivity contribution in [3.8, 4) is 0 Å². The third-order valence-electron chi connectivity index (χ3n) is 3.52. The van der Waals surface area contributed by atoms with Crippen molar-refractivity contribution < 1.29 is 14.7 Å². The molecule has 0 aromatic carbocycles. The Balaban J connectivity index is 2.56. The summed E-state index contributed by atoms with van der Waals surface area (Å²) in [4.78, 5) is 35.6. The zero-order valence-corrected chi connectivity index (χ0v) is 11.8. The average Bonchev–Trinajstić information content (AvgIpc) is 2.66. The summed E-state index contributed by atoms with van der Waals surface area (Å²) in [5.41, 5.74) is -0.852. The molecule has 1 unspecified atom stereocenters. The molecule has 0 bridgehead atoms. The zero-order chi connectivity index (χ0) is 15.1. The summed E-state index contributed by atoms with van der Waals surface area (Å²) < 4.78 is 0. The maximum atomic E-state index is 12.1. The summed E-state index contributed by atoms with van der Waals surface area (Å²) in [7, 11) is 0. The van der Waals surface area contributed by atoms with E-state index in [0.29, 0.717) is 5.82 Å². The van der Waals surface area contributed by atoms with Gasteiger partial charge in [-0.05, 0) is 19.8 Å². The number of nitrogens with zero attached hydrogens (tertiary/aromatic N) is 3. The van der Waals surface area contributed by atoms with Crippen molar-refractivity contribution in [2.45, 2.75) is 33.2 Å². The minimum Gasteiger partial charge on any atom is -0.478 e. The van der Waals surface area contributed by atoms with E-state index in [9.17, 15) is 14.7 Å². The number of amidine groups is 1. The van der Waals surface area contributed by atoms with E-state index in [1.54, 1.807) is 13.8 Å². The number of carboxylic acids is 1. The van der Waals surface area contributed by atoms with Crippen LogP contribution >= 0.6 is 0 Å². The Hall–Kier alpha value is -2.31.